The van der Waals surface area contributed by atoms with E-state index < -0.39 is 0 Å². The van der Waals surface area contributed by atoms with Crippen molar-refractivity contribution in [2.45, 2.75) is 40.2 Å². The number of hydrogen-bond acceptors (Lipinski definition) is 3. The maximum Gasteiger partial charge on any atom is 0.165 e. The fourth-order valence-corrected chi connectivity index (χ4v) is 2.29. The van der Waals surface area contributed by atoms with Crippen LogP contribution in [0, 0.1) is 5.92 Å². The molecule has 20 heavy (non-hydrogen) atoms. The second-order valence-corrected chi connectivity index (χ2v) is 5.31. The average molecular weight is 300 g/mol. The molecule has 0 spiro atoms. The third kappa shape index (κ3) is 4.88. The number of hydrogen-bond donors (Lipinski definition) is 1. The van der Waals surface area contributed by atoms with E-state index in [0.717, 1.165) is 37.2 Å². The van der Waals surface area contributed by atoms with Crippen molar-refractivity contribution in [3.05, 3.63) is 22.7 Å². The molecular formula is C16H26ClNO2. The first kappa shape index (κ1) is 17.1. The van der Waals surface area contributed by atoms with Gasteiger partial charge in [0.2, 0.25) is 0 Å². The van der Waals surface area contributed by atoms with Gasteiger partial charge in [-0.25, -0.2) is 0 Å². The van der Waals surface area contributed by atoms with Crippen LogP contribution in [0.25, 0.3) is 0 Å². The van der Waals surface area contributed by atoms with Crippen LogP contribution in [0.5, 0.6) is 11.5 Å². The lowest BCUT2D eigenvalue weighted by Gasteiger charge is -2.19. The van der Waals surface area contributed by atoms with E-state index in [1.165, 1.54) is 0 Å². The minimum absolute atomic E-state index is 0.572. The lowest BCUT2D eigenvalue weighted by atomic mass is 10.1. The number of halogens is 1. The molecule has 1 N–H and O–H groups in total. The van der Waals surface area contributed by atoms with Gasteiger partial charge in [0.25, 0.3) is 0 Å². The molecule has 0 unspecified atom stereocenters. The standard InChI is InChI=1S/C16H26ClNO2/c1-5-12(6-2)11-20-16-13(10-18-7-3)8-14(17)9-15(16)19-4/h8-9,12,18H,5-7,10-11H2,1-4H3. The van der Waals surface area contributed by atoms with Crippen LogP contribution in [-0.2, 0) is 6.54 Å². The number of ether oxygens (including phenoxy) is 2. The van der Waals surface area contributed by atoms with E-state index >= 15 is 0 Å². The molecule has 1 aromatic rings. The van der Waals surface area contributed by atoms with Crippen LogP contribution in [0.3, 0.4) is 0 Å². The van der Waals surface area contributed by atoms with E-state index in [1.807, 2.05) is 6.07 Å². The maximum atomic E-state index is 6.13. The van der Waals surface area contributed by atoms with Crippen LogP contribution < -0.4 is 14.8 Å². The molecule has 0 bridgehead atoms. The Labute approximate surface area is 127 Å². The molecule has 1 aromatic carbocycles. The van der Waals surface area contributed by atoms with Crippen molar-refractivity contribution in [3.8, 4) is 11.5 Å². The predicted octanol–water partition coefficient (Wildman–Crippen LogP) is 4.27. The van der Waals surface area contributed by atoms with Crippen molar-refractivity contribution in [3.63, 3.8) is 0 Å². The van der Waals surface area contributed by atoms with Gasteiger partial charge in [0, 0.05) is 23.2 Å². The van der Waals surface area contributed by atoms with Gasteiger partial charge in [0.05, 0.1) is 13.7 Å². The summed E-state index contributed by atoms with van der Waals surface area (Å²) in [5, 5.41) is 3.98. The first-order valence-electron chi connectivity index (χ1n) is 7.36. The Morgan fingerprint density at radius 3 is 2.45 bits per heavy atom. The highest BCUT2D eigenvalue weighted by Crippen LogP contribution is 2.35. The van der Waals surface area contributed by atoms with Gasteiger partial charge in [0.1, 0.15) is 0 Å². The summed E-state index contributed by atoms with van der Waals surface area (Å²) in [6.45, 7) is 8.80. The predicted molar refractivity (Wildman–Crippen MR) is 85.0 cm³/mol. The molecule has 0 aliphatic carbocycles. The summed E-state index contributed by atoms with van der Waals surface area (Å²) in [7, 11) is 1.65. The van der Waals surface area contributed by atoms with Crippen LogP contribution in [0.1, 0.15) is 39.2 Å². The molecule has 0 radical (unpaired) electrons. The normalized spacial score (nSPS) is 10.9. The number of benzene rings is 1. The van der Waals surface area contributed by atoms with E-state index in [4.69, 9.17) is 21.1 Å². The van der Waals surface area contributed by atoms with E-state index in [0.29, 0.717) is 23.3 Å². The summed E-state index contributed by atoms with van der Waals surface area (Å²) < 4.78 is 11.4. The van der Waals surface area contributed by atoms with Crippen molar-refractivity contribution in [2.24, 2.45) is 5.92 Å². The smallest absolute Gasteiger partial charge is 0.165 e. The van der Waals surface area contributed by atoms with Gasteiger partial charge >= 0.3 is 0 Å². The molecule has 0 atom stereocenters. The Morgan fingerprint density at radius 1 is 1.20 bits per heavy atom. The minimum atomic E-state index is 0.572. The summed E-state index contributed by atoms with van der Waals surface area (Å²) in [4.78, 5) is 0. The summed E-state index contributed by atoms with van der Waals surface area (Å²) in [5.41, 5.74) is 1.04. The minimum Gasteiger partial charge on any atom is -0.493 e. The highest BCUT2D eigenvalue weighted by molar-refractivity contribution is 6.30. The zero-order chi connectivity index (χ0) is 15.0. The quantitative estimate of drug-likeness (QED) is 0.738. The van der Waals surface area contributed by atoms with Crippen molar-refractivity contribution < 1.29 is 9.47 Å². The SMILES string of the molecule is CCNCc1cc(Cl)cc(OC)c1OCC(CC)CC. The van der Waals surface area contributed by atoms with Crippen LogP contribution in [-0.4, -0.2) is 20.3 Å². The van der Waals surface area contributed by atoms with Gasteiger partial charge in [-0.05, 0) is 18.5 Å². The van der Waals surface area contributed by atoms with Crippen LogP contribution >= 0.6 is 11.6 Å². The third-order valence-electron chi connectivity index (χ3n) is 3.50. The fraction of sp³-hybridized carbons (Fsp3) is 0.625. The molecule has 4 heteroatoms. The van der Waals surface area contributed by atoms with Crippen molar-refractivity contribution >= 4 is 11.6 Å². The molecule has 0 amide bonds. The average Bonchev–Trinajstić information content (AvgIpc) is 2.46. The Morgan fingerprint density at radius 2 is 1.90 bits per heavy atom. The molecule has 114 valence electrons. The molecule has 3 nitrogen and oxygen atoms in total. The second-order valence-electron chi connectivity index (χ2n) is 4.87. The van der Waals surface area contributed by atoms with Gasteiger partial charge < -0.3 is 14.8 Å². The van der Waals surface area contributed by atoms with Crippen LogP contribution in [0.2, 0.25) is 5.02 Å². The Balaban J connectivity index is 2.94. The van der Waals surface area contributed by atoms with Gasteiger partial charge in [-0.2, -0.15) is 0 Å². The Kier molecular flexibility index (Phi) is 7.78. The first-order valence-corrected chi connectivity index (χ1v) is 7.73. The molecule has 0 saturated carbocycles. The van der Waals surface area contributed by atoms with Crippen molar-refractivity contribution in [2.75, 3.05) is 20.3 Å². The molecule has 0 aromatic heterocycles. The second kappa shape index (κ2) is 9.09. The summed E-state index contributed by atoms with van der Waals surface area (Å²) in [6.07, 6.45) is 2.24. The zero-order valence-corrected chi connectivity index (χ0v) is 13.7. The molecule has 0 aliphatic rings. The van der Waals surface area contributed by atoms with Crippen molar-refractivity contribution in [1.82, 2.24) is 5.32 Å². The highest BCUT2D eigenvalue weighted by Gasteiger charge is 2.14. The molecule has 0 saturated heterocycles. The molecular weight excluding hydrogens is 274 g/mol. The van der Waals surface area contributed by atoms with Gasteiger partial charge in [-0.3, -0.25) is 0 Å². The van der Waals surface area contributed by atoms with Crippen molar-refractivity contribution in [1.29, 1.82) is 0 Å². The van der Waals surface area contributed by atoms with Crippen LogP contribution in [0.4, 0.5) is 0 Å². The number of nitrogens with one attached hydrogen (secondary N) is 1. The van der Waals surface area contributed by atoms with Crippen LogP contribution in [0.15, 0.2) is 12.1 Å². The summed E-state index contributed by atoms with van der Waals surface area (Å²) in [5.74, 6) is 2.09. The lowest BCUT2D eigenvalue weighted by molar-refractivity contribution is 0.228. The lowest BCUT2D eigenvalue weighted by Crippen LogP contribution is -2.15. The van der Waals surface area contributed by atoms with Gasteiger partial charge in [-0.15, -0.1) is 0 Å². The number of methoxy groups -OCH3 is 1. The Bertz CT molecular complexity index is 406. The number of rotatable bonds is 9. The first-order chi connectivity index (χ1) is 9.65. The van der Waals surface area contributed by atoms with E-state index in [1.54, 1.807) is 13.2 Å². The third-order valence-corrected chi connectivity index (χ3v) is 3.72. The van der Waals surface area contributed by atoms with Gasteiger partial charge in [-0.1, -0.05) is 45.2 Å². The molecule has 0 aliphatic heterocycles. The molecule has 1 rings (SSSR count). The largest absolute Gasteiger partial charge is 0.493 e. The molecule has 0 heterocycles. The maximum absolute atomic E-state index is 6.13. The van der Waals surface area contributed by atoms with E-state index in [2.05, 4.69) is 26.1 Å². The molecule has 0 fully saturated rings. The fourth-order valence-electron chi connectivity index (χ4n) is 2.05. The van der Waals surface area contributed by atoms with E-state index in [9.17, 15) is 0 Å². The van der Waals surface area contributed by atoms with E-state index in [-0.39, 0.29) is 0 Å². The Hall–Kier alpha value is -0.930. The zero-order valence-electron chi connectivity index (χ0n) is 13.0. The topological polar surface area (TPSA) is 30.5 Å². The highest BCUT2D eigenvalue weighted by atomic mass is 35.5. The summed E-state index contributed by atoms with van der Waals surface area (Å²) in [6, 6.07) is 3.74. The summed E-state index contributed by atoms with van der Waals surface area (Å²) >= 11 is 6.13. The van der Waals surface area contributed by atoms with Gasteiger partial charge in [0.15, 0.2) is 11.5 Å². The monoisotopic (exact) mass is 299 g/mol.